The lowest BCUT2D eigenvalue weighted by atomic mass is 10.0. The Balaban J connectivity index is 2.48. The van der Waals surface area contributed by atoms with Crippen molar-refractivity contribution >= 4 is 16.3 Å². The van der Waals surface area contributed by atoms with Crippen molar-refractivity contribution in [2.24, 2.45) is 0 Å². The lowest BCUT2D eigenvalue weighted by Gasteiger charge is -2.05. The van der Waals surface area contributed by atoms with Gasteiger partial charge < -0.3 is 5.73 Å². The maximum absolute atomic E-state index is 6.08. The molecular formula is C14H18N2S. The van der Waals surface area contributed by atoms with E-state index in [0.717, 1.165) is 28.5 Å². The summed E-state index contributed by atoms with van der Waals surface area (Å²) in [5.41, 5.74) is 10.7. The molecule has 0 fully saturated rings. The number of nitrogens with two attached hydrogens (primary N) is 1. The Morgan fingerprint density at radius 1 is 1.29 bits per heavy atom. The minimum atomic E-state index is 0.835. The molecule has 0 aliphatic heterocycles. The second-order valence-electron chi connectivity index (χ2n) is 4.39. The Bertz CT molecular complexity index is 529. The summed E-state index contributed by atoms with van der Waals surface area (Å²) in [6.45, 7) is 6.36. The molecule has 2 rings (SSSR count). The average Bonchev–Trinajstić information content (AvgIpc) is 2.64. The van der Waals surface area contributed by atoms with Gasteiger partial charge in [-0.2, -0.15) is 0 Å². The van der Waals surface area contributed by atoms with Gasteiger partial charge in [-0.15, -0.1) is 11.3 Å². The molecule has 0 amide bonds. The van der Waals surface area contributed by atoms with Gasteiger partial charge in [0.1, 0.15) is 10.7 Å². The highest BCUT2D eigenvalue weighted by Gasteiger charge is 2.12. The minimum absolute atomic E-state index is 0.835. The van der Waals surface area contributed by atoms with Crippen LogP contribution in [0.15, 0.2) is 18.2 Å². The molecule has 0 saturated carbocycles. The Morgan fingerprint density at radius 3 is 2.76 bits per heavy atom. The van der Waals surface area contributed by atoms with Gasteiger partial charge in [0, 0.05) is 5.56 Å². The highest BCUT2D eigenvalue weighted by Crippen LogP contribution is 2.33. The van der Waals surface area contributed by atoms with Gasteiger partial charge in [0.25, 0.3) is 0 Å². The Hall–Kier alpha value is -1.35. The van der Waals surface area contributed by atoms with E-state index in [2.05, 4.69) is 44.0 Å². The van der Waals surface area contributed by atoms with E-state index in [0.29, 0.717) is 0 Å². The zero-order valence-corrected chi connectivity index (χ0v) is 11.4. The Morgan fingerprint density at radius 2 is 2.06 bits per heavy atom. The molecule has 0 aliphatic carbocycles. The maximum atomic E-state index is 6.08. The third-order valence-corrected chi connectivity index (χ3v) is 3.75. The summed E-state index contributed by atoms with van der Waals surface area (Å²) in [5.74, 6) is 0. The van der Waals surface area contributed by atoms with Crippen LogP contribution in [0, 0.1) is 13.8 Å². The molecule has 17 heavy (non-hydrogen) atoms. The van der Waals surface area contributed by atoms with E-state index in [4.69, 9.17) is 5.73 Å². The van der Waals surface area contributed by atoms with Gasteiger partial charge in [0.15, 0.2) is 0 Å². The lowest BCUT2D eigenvalue weighted by molar-refractivity contribution is 0.910. The van der Waals surface area contributed by atoms with Gasteiger partial charge >= 0.3 is 0 Å². The molecule has 2 N–H and O–H groups in total. The fourth-order valence-corrected chi connectivity index (χ4v) is 2.83. The number of thiazole rings is 1. The van der Waals surface area contributed by atoms with E-state index in [1.54, 1.807) is 11.3 Å². The third-order valence-electron chi connectivity index (χ3n) is 2.81. The van der Waals surface area contributed by atoms with Crippen LogP contribution in [0.1, 0.15) is 29.5 Å². The SMILES string of the molecule is CCCc1nc(-c2cc(C)ccc2C)c(N)s1. The van der Waals surface area contributed by atoms with E-state index >= 15 is 0 Å². The highest BCUT2D eigenvalue weighted by atomic mass is 32.1. The second kappa shape index (κ2) is 4.88. The maximum Gasteiger partial charge on any atom is 0.114 e. The first-order valence-electron chi connectivity index (χ1n) is 5.94. The molecule has 0 atom stereocenters. The third kappa shape index (κ3) is 2.50. The van der Waals surface area contributed by atoms with Crippen LogP contribution in [-0.4, -0.2) is 4.98 Å². The van der Waals surface area contributed by atoms with E-state index in [1.165, 1.54) is 16.7 Å². The van der Waals surface area contributed by atoms with Crippen LogP contribution in [0.3, 0.4) is 0 Å². The summed E-state index contributed by atoms with van der Waals surface area (Å²) in [7, 11) is 0. The lowest BCUT2D eigenvalue weighted by Crippen LogP contribution is -1.90. The van der Waals surface area contributed by atoms with Crippen LogP contribution < -0.4 is 5.73 Å². The normalized spacial score (nSPS) is 10.8. The van der Waals surface area contributed by atoms with Crippen LogP contribution in [0.4, 0.5) is 5.00 Å². The number of hydrogen-bond acceptors (Lipinski definition) is 3. The zero-order chi connectivity index (χ0) is 12.4. The molecule has 0 unspecified atom stereocenters. The van der Waals surface area contributed by atoms with E-state index in [9.17, 15) is 0 Å². The summed E-state index contributed by atoms with van der Waals surface area (Å²) < 4.78 is 0. The number of aryl methyl sites for hydroxylation is 3. The first-order valence-corrected chi connectivity index (χ1v) is 6.76. The van der Waals surface area contributed by atoms with E-state index < -0.39 is 0 Å². The predicted octanol–water partition coefficient (Wildman–Crippen LogP) is 3.96. The number of hydrogen-bond donors (Lipinski definition) is 1. The van der Waals surface area contributed by atoms with Gasteiger partial charge in [-0.3, -0.25) is 0 Å². The minimum Gasteiger partial charge on any atom is -0.389 e. The molecule has 1 heterocycles. The van der Waals surface area contributed by atoms with Crippen molar-refractivity contribution in [2.45, 2.75) is 33.6 Å². The summed E-state index contributed by atoms with van der Waals surface area (Å²) >= 11 is 1.62. The van der Waals surface area contributed by atoms with Crippen LogP contribution in [0.25, 0.3) is 11.3 Å². The van der Waals surface area contributed by atoms with Crippen molar-refractivity contribution in [3.8, 4) is 11.3 Å². The molecule has 0 spiro atoms. The van der Waals surface area contributed by atoms with Crippen molar-refractivity contribution in [3.05, 3.63) is 34.3 Å². The average molecular weight is 246 g/mol. The fraction of sp³-hybridized carbons (Fsp3) is 0.357. The number of rotatable bonds is 3. The van der Waals surface area contributed by atoms with Gasteiger partial charge in [-0.25, -0.2) is 4.98 Å². The Kier molecular flexibility index (Phi) is 3.48. The zero-order valence-electron chi connectivity index (χ0n) is 10.6. The van der Waals surface area contributed by atoms with E-state index in [1.807, 2.05) is 0 Å². The molecule has 1 aromatic carbocycles. The molecule has 3 heteroatoms. The van der Waals surface area contributed by atoms with Crippen molar-refractivity contribution < 1.29 is 0 Å². The number of benzene rings is 1. The van der Waals surface area contributed by atoms with Crippen molar-refractivity contribution in [2.75, 3.05) is 5.73 Å². The first-order chi connectivity index (χ1) is 8.11. The fourth-order valence-electron chi connectivity index (χ4n) is 1.88. The van der Waals surface area contributed by atoms with Crippen molar-refractivity contribution in [1.29, 1.82) is 0 Å². The number of aromatic nitrogens is 1. The second-order valence-corrected chi connectivity index (χ2v) is 5.50. The Labute approximate surface area is 107 Å². The number of nitrogen functional groups attached to an aromatic ring is 1. The summed E-state index contributed by atoms with van der Waals surface area (Å²) in [6.07, 6.45) is 2.12. The van der Waals surface area contributed by atoms with Crippen LogP contribution in [-0.2, 0) is 6.42 Å². The van der Waals surface area contributed by atoms with Crippen LogP contribution in [0.2, 0.25) is 0 Å². The highest BCUT2D eigenvalue weighted by molar-refractivity contribution is 7.16. The first kappa shape index (κ1) is 12.1. The molecule has 0 bridgehead atoms. The summed E-state index contributed by atoms with van der Waals surface area (Å²) in [6, 6.07) is 6.41. The van der Waals surface area contributed by atoms with Crippen LogP contribution >= 0.6 is 11.3 Å². The standard InChI is InChI=1S/C14H18N2S/c1-4-5-12-16-13(14(15)17-12)11-8-9(2)6-7-10(11)3/h6-8H,4-5,15H2,1-3H3. The van der Waals surface area contributed by atoms with Gasteiger partial charge in [-0.05, 0) is 38.3 Å². The molecule has 0 radical (unpaired) electrons. The molecule has 1 aromatic heterocycles. The molecule has 0 aliphatic rings. The van der Waals surface area contributed by atoms with E-state index in [-0.39, 0.29) is 0 Å². The van der Waals surface area contributed by atoms with Gasteiger partial charge in [0.05, 0.1) is 5.01 Å². The summed E-state index contributed by atoms with van der Waals surface area (Å²) in [5, 5.41) is 1.98. The number of anilines is 1. The molecule has 90 valence electrons. The topological polar surface area (TPSA) is 38.9 Å². The number of nitrogens with zero attached hydrogens (tertiary/aromatic N) is 1. The van der Waals surface area contributed by atoms with Crippen molar-refractivity contribution in [1.82, 2.24) is 4.98 Å². The van der Waals surface area contributed by atoms with Crippen LogP contribution in [0.5, 0.6) is 0 Å². The molecule has 2 nitrogen and oxygen atoms in total. The van der Waals surface area contributed by atoms with Gasteiger partial charge in [-0.1, -0.05) is 24.6 Å². The summed E-state index contributed by atoms with van der Waals surface area (Å²) in [4.78, 5) is 4.67. The molecule has 2 aromatic rings. The smallest absolute Gasteiger partial charge is 0.114 e. The van der Waals surface area contributed by atoms with Crippen molar-refractivity contribution in [3.63, 3.8) is 0 Å². The largest absolute Gasteiger partial charge is 0.389 e. The molecular weight excluding hydrogens is 228 g/mol. The monoisotopic (exact) mass is 246 g/mol. The molecule has 0 saturated heterocycles. The van der Waals surface area contributed by atoms with Gasteiger partial charge in [0.2, 0.25) is 0 Å². The quantitative estimate of drug-likeness (QED) is 0.890. The predicted molar refractivity (Wildman–Crippen MR) is 75.4 cm³/mol.